The van der Waals surface area contributed by atoms with Crippen molar-refractivity contribution in [3.63, 3.8) is 0 Å². The molecule has 1 N–H and O–H groups in total. The minimum atomic E-state index is -4.35. The first-order valence-electron chi connectivity index (χ1n) is 12.5. The third-order valence-corrected chi connectivity index (χ3v) is 7.64. The molecule has 0 radical (unpaired) electrons. The second-order valence-corrected chi connectivity index (χ2v) is 10.1. The van der Waals surface area contributed by atoms with Crippen LogP contribution in [0.4, 0.5) is 36.6 Å². The Bertz CT molecular complexity index is 1210. The van der Waals surface area contributed by atoms with Crippen LogP contribution in [0.25, 0.3) is 0 Å². The van der Waals surface area contributed by atoms with E-state index in [9.17, 15) is 13.2 Å². The van der Waals surface area contributed by atoms with Crippen LogP contribution in [0, 0.1) is 18.8 Å². The van der Waals surface area contributed by atoms with Gasteiger partial charge in [-0.3, -0.25) is 0 Å². The van der Waals surface area contributed by atoms with Crippen molar-refractivity contribution in [2.24, 2.45) is 11.8 Å². The van der Waals surface area contributed by atoms with Crippen molar-refractivity contribution >= 4 is 23.4 Å². The summed E-state index contributed by atoms with van der Waals surface area (Å²) in [5.74, 6) is 3.19. The maximum absolute atomic E-state index is 13.0. The Morgan fingerprint density at radius 1 is 0.972 bits per heavy atom. The number of hydrogen-bond acceptors (Lipinski definition) is 7. The molecule has 1 aromatic carbocycles. The highest BCUT2D eigenvalue weighted by atomic mass is 19.4. The summed E-state index contributed by atoms with van der Waals surface area (Å²) in [4.78, 5) is 17.9. The summed E-state index contributed by atoms with van der Waals surface area (Å²) in [6, 6.07) is 7.62. The van der Waals surface area contributed by atoms with E-state index in [0.29, 0.717) is 36.0 Å². The molecule has 0 unspecified atom stereocenters. The van der Waals surface area contributed by atoms with Crippen LogP contribution in [0.5, 0.6) is 0 Å². The largest absolute Gasteiger partial charge is 0.416 e. The van der Waals surface area contributed by atoms with Crippen LogP contribution in [0.1, 0.15) is 36.9 Å². The molecule has 2 aliphatic heterocycles. The van der Waals surface area contributed by atoms with Crippen molar-refractivity contribution in [3.8, 4) is 0 Å². The van der Waals surface area contributed by atoms with Gasteiger partial charge in [0.1, 0.15) is 12.1 Å². The van der Waals surface area contributed by atoms with Gasteiger partial charge < -0.3 is 15.1 Å². The Labute approximate surface area is 207 Å². The van der Waals surface area contributed by atoms with E-state index in [1.807, 2.05) is 22.6 Å². The molecule has 1 saturated heterocycles. The zero-order chi connectivity index (χ0) is 24.9. The minimum Gasteiger partial charge on any atom is -0.356 e. The molecule has 36 heavy (non-hydrogen) atoms. The molecule has 1 saturated carbocycles. The molecular formula is C25H29F3N8. The predicted octanol–water partition coefficient (Wildman–Crippen LogP) is 4.65. The van der Waals surface area contributed by atoms with Gasteiger partial charge in [-0.15, -0.1) is 5.10 Å². The normalized spacial score (nSPS) is 23.9. The van der Waals surface area contributed by atoms with E-state index in [4.69, 9.17) is 10.1 Å². The Balaban J connectivity index is 1.20. The fourth-order valence-electron chi connectivity index (χ4n) is 5.86. The molecule has 1 aliphatic carbocycles. The summed E-state index contributed by atoms with van der Waals surface area (Å²) in [7, 11) is 0. The first kappa shape index (κ1) is 23.1. The standard InChI is InChI=1S/C25H29F3N8/c1-16-12-21(30-15-29-16)34-13-17-4-5-18(14-34)22(17)31-23-32-24-35(10-2-3-11-36(24)33-23)20-8-6-19(7-9-20)25(26,27)28/h6-9,12,15,17-18,22H,2-5,10-11,13-14H2,1H3,(H,31,33)/t17-,18+,22-. The zero-order valence-electron chi connectivity index (χ0n) is 20.1. The van der Waals surface area contributed by atoms with E-state index < -0.39 is 11.7 Å². The van der Waals surface area contributed by atoms with Gasteiger partial charge in [0.2, 0.25) is 11.9 Å². The van der Waals surface area contributed by atoms with Crippen LogP contribution in [0.2, 0.25) is 0 Å². The van der Waals surface area contributed by atoms with Crippen LogP contribution in [-0.2, 0) is 12.7 Å². The van der Waals surface area contributed by atoms with Crippen LogP contribution < -0.4 is 15.1 Å². The number of anilines is 4. The Morgan fingerprint density at radius 3 is 2.39 bits per heavy atom. The van der Waals surface area contributed by atoms with Gasteiger partial charge in [0.25, 0.3) is 0 Å². The third kappa shape index (κ3) is 4.35. The molecule has 3 aliphatic rings. The lowest BCUT2D eigenvalue weighted by Crippen LogP contribution is -2.48. The fraction of sp³-hybridized carbons (Fsp3) is 0.520. The number of aromatic nitrogens is 5. The fourth-order valence-corrected chi connectivity index (χ4v) is 5.86. The van der Waals surface area contributed by atoms with E-state index in [1.165, 1.54) is 12.1 Å². The predicted molar refractivity (Wildman–Crippen MR) is 130 cm³/mol. The number of aryl methyl sites for hydroxylation is 2. The van der Waals surface area contributed by atoms with E-state index in [2.05, 4.69) is 20.2 Å². The van der Waals surface area contributed by atoms with Gasteiger partial charge in [0, 0.05) is 49.7 Å². The van der Waals surface area contributed by atoms with E-state index in [1.54, 1.807) is 6.33 Å². The highest BCUT2D eigenvalue weighted by Gasteiger charge is 2.43. The van der Waals surface area contributed by atoms with Crippen molar-refractivity contribution in [3.05, 3.63) is 47.9 Å². The molecule has 2 aromatic heterocycles. The number of piperidine rings is 1. The van der Waals surface area contributed by atoms with E-state index >= 15 is 0 Å². The Morgan fingerprint density at radius 2 is 1.69 bits per heavy atom. The summed E-state index contributed by atoms with van der Waals surface area (Å²) in [6.45, 7) is 5.26. The van der Waals surface area contributed by atoms with Crippen molar-refractivity contribution in [2.75, 3.05) is 34.8 Å². The molecule has 2 fully saturated rings. The Hall–Kier alpha value is -3.37. The molecular weight excluding hydrogens is 469 g/mol. The van der Waals surface area contributed by atoms with Gasteiger partial charge in [-0.05, 0) is 68.7 Å². The van der Waals surface area contributed by atoms with E-state index in [-0.39, 0.29) is 6.04 Å². The lowest BCUT2D eigenvalue weighted by molar-refractivity contribution is -0.137. The number of halogens is 3. The topological polar surface area (TPSA) is 75.0 Å². The average molecular weight is 499 g/mol. The van der Waals surface area contributed by atoms with Gasteiger partial charge in [0.15, 0.2) is 0 Å². The second-order valence-electron chi connectivity index (χ2n) is 10.1. The zero-order valence-corrected chi connectivity index (χ0v) is 20.1. The lowest BCUT2D eigenvalue weighted by Gasteiger charge is -2.38. The first-order chi connectivity index (χ1) is 17.3. The smallest absolute Gasteiger partial charge is 0.356 e. The quantitative estimate of drug-likeness (QED) is 0.561. The van der Waals surface area contributed by atoms with Gasteiger partial charge >= 0.3 is 6.18 Å². The molecule has 0 amide bonds. The molecule has 2 bridgehead atoms. The van der Waals surface area contributed by atoms with Gasteiger partial charge in [-0.2, -0.15) is 18.2 Å². The number of fused-ring (bicyclic) bond motifs is 3. The van der Waals surface area contributed by atoms with Crippen molar-refractivity contribution in [2.45, 2.75) is 51.4 Å². The molecule has 4 heterocycles. The minimum absolute atomic E-state index is 0.287. The van der Waals surface area contributed by atoms with Gasteiger partial charge in [-0.25, -0.2) is 14.6 Å². The van der Waals surface area contributed by atoms with Crippen LogP contribution >= 0.6 is 0 Å². The molecule has 8 nitrogen and oxygen atoms in total. The van der Waals surface area contributed by atoms with Crippen LogP contribution in [0.15, 0.2) is 36.7 Å². The maximum Gasteiger partial charge on any atom is 0.416 e. The summed E-state index contributed by atoms with van der Waals surface area (Å²) in [5.41, 5.74) is 1.01. The van der Waals surface area contributed by atoms with Gasteiger partial charge in [0.05, 0.1) is 5.56 Å². The maximum atomic E-state index is 13.0. The highest BCUT2D eigenvalue weighted by Crippen LogP contribution is 2.40. The number of rotatable bonds is 4. The van der Waals surface area contributed by atoms with Crippen LogP contribution in [-0.4, -0.2) is 50.4 Å². The molecule has 3 atom stereocenters. The first-order valence-corrected chi connectivity index (χ1v) is 12.5. The number of alkyl halides is 3. The molecule has 6 rings (SSSR count). The van der Waals surface area contributed by atoms with Crippen molar-refractivity contribution in [1.82, 2.24) is 24.7 Å². The van der Waals surface area contributed by atoms with Crippen molar-refractivity contribution < 1.29 is 13.2 Å². The number of hydrogen-bond donors (Lipinski definition) is 1. The lowest BCUT2D eigenvalue weighted by atomic mass is 9.92. The SMILES string of the molecule is Cc1cc(N2C[C@H]3CC[C@@H](C2)[C@@H]3Nc2nc3n(n2)CCCCN3c2ccc(C(F)(F)F)cc2)ncn1. The Kier molecular flexibility index (Phi) is 5.72. The second kappa shape index (κ2) is 8.94. The van der Waals surface area contributed by atoms with Crippen molar-refractivity contribution in [1.29, 1.82) is 0 Å². The summed E-state index contributed by atoms with van der Waals surface area (Å²) >= 11 is 0. The number of nitrogens with zero attached hydrogens (tertiary/aromatic N) is 7. The van der Waals surface area contributed by atoms with E-state index in [0.717, 1.165) is 69.0 Å². The summed E-state index contributed by atoms with van der Waals surface area (Å²) in [6.07, 6.45) is 1.42. The number of nitrogens with one attached hydrogen (secondary N) is 1. The summed E-state index contributed by atoms with van der Waals surface area (Å²) < 4.78 is 41.0. The highest BCUT2D eigenvalue weighted by molar-refractivity contribution is 5.59. The molecule has 190 valence electrons. The third-order valence-electron chi connectivity index (χ3n) is 7.64. The number of benzene rings is 1. The molecule has 3 aromatic rings. The monoisotopic (exact) mass is 498 g/mol. The van der Waals surface area contributed by atoms with Crippen LogP contribution in [0.3, 0.4) is 0 Å². The van der Waals surface area contributed by atoms with Gasteiger partial charge in [-0.1, -0.05) is 0 Å². The molecule has 11 heteroatoms. The summed E-state index contributed by atoms with van der Waals surface area (Å²) in [5, 5.41) is 8.39. The average Bonchev–Trinajstić information content (AvgIpc) is 3.25. The molecule has 0 spiro atoms.